The normalized spacial score (nSPS) is 19.9. The molecule has 0 spiro atoms. The molecular weight excluding hydrogens is 815 g/mol. The van der Waals surface area contributed by atoms with Crippen LogP contribution in [0.3, 0.4) is 0 Å². The SMILES string of the molecule is CCC/C=C\CCCCCCCC(=O)NC(COC1OC(CO)C(O)C(O)C1O)C(O)CCCCCCCCCCCCCCCCCCCCCCCCCCCCCCCCCC. The van der Waals surface area contributed by atoms with E-state index in [1.807, 2.05) is 0 Å². The largest absolute Gasteiger partial charge is 0.394 e. The van der Waals surface area contributed by atoms with Crippen molar-refractivity contribution >= 4 is 5.91 Å². The maximum atomic E-state index is 12.9. The number of ether oxygens (including phenoxy) is 2. The van der Waals surface area contributed by atoms with Gasteiger partial charge in [0.05, 0.1) is 25.4 Å². The maximum Gasteiger partial charge on any atom is 0.220 e. The minimum Gasteiger partial charge on any atom is -0.394 e. The summed E-state index contributed by atoms with van der Waals surface area (Å²) in [6.07, 6.45) is 49.9. The third-order valence-corrected chi connectivity index (χ3v) is 13.8. The summed E-state index contributed by atoms with van der Waals surface area (Å²) in [5.41, 5.74) is 0. The van der Waals surface area contributed by atoms with E-state index in [-0.39, 0.29) is 12.5 Å². The zero-order valence-electron chi connectivity index (χ0n) is 42.8. The average molecular weight is 924 g/mol. The van der Waals surface area contributed by atoms with Gasteiger partial charge in [0.1, 0.15) is 24.4 Å². The van der Waals surface area contributed by atoms with Gasteiger partial charge < -0.3 is 40.3 Å². The Morgan fingerprint density at radius 2 is 0.892 bits per heavy atom. The average Bonchev–Trinajstić information content (AvgIpc) is 3.31. The minimum absolute atomic E-state index is 0.138. The summed E-state index contributed by atoms with van der Waals surface area (Å²) in [5, 5.41) is 54.5. The number of aliphatic hydroxyl groups excluding tert-OH is 5. The summed E-state index contributed by atoms with van der Waals surface area (Å²) in [4.78, 5) is 12.9. The first-order valence-corrected chi connectivity index (χ1v) is 28.4. The van der Waals surface area contributed by atoms with Crippen LogP contribution in [0.1, 0.15) is 284 Å². The summed E-state index contributed by atoms with van der Waals surface area (Å²) < 4.78 is 11.3. The molecule has 1 saturated heterocycles. The number of hydrogen-bond donors (Lipinski definition) is 6. The fourth-order valence-corrected chi connectivity index (χ4v) is 9.34. The minimum atomic E-state index is -1.55. The molecule has 6 N–H and O–H groups in total. The fourth-order valence-electron chi connectivity index (χ4n) is 9.34. The zero-order valence-corrected chi connectivity index (χ0v) is 42.8. The van der Waals surface area contributed by atoms with Crippen molar-refractivity contribution in [3.63, 3.8) is 0 Å². The molecule has 1 heterocycles. The van der Waals surface area contributed by atoms with Crippen molar-refractivity contribution < 1.29 is 39.8 Å². The molecule has 1 rings (SSSR count). The predicted molar refractivity (Wildman–Crippen MR) is 272 cm³/mol. The van der Waals surface area contributed by atoms with Crippen LogP contribution in [0.25, 0.3) is 0 Å². The summed E-state index contributed by atoms with van der Waals surface area (Å²) in [6.45, 7) is 3.79. The highest BCUT2D eigenvalue weighted by atomic mass is 16.7. The molecular formula is C56H109NO8. The number of unbranched alkanes of at least 4 members (excludes halogenated alkanes) is 37. The summed E-state index contributed by atoms with van der Waals surface area (Å²) in [5.74, 6) is -0.153. The number of hydrogen-bond acceptors (Lipinski definition) is 8. The van der Waals surface area contributed by atoms with Crippen LogP contribution in [-0.2, 0) is 14.3 Å². The molecule has 1 fully saturated rings. The second-order valence-corrected chi connectivity index (χ2v) is 20.1. The number of carbonyl (C=O) groups excluding carboxylic acids is 1. The fraction of sp³-hybridized carbons (Fsp3) is 0.946. The van der Waals surface area contributed by atoms with Crippen molar-refractivity contribution in [2.24, 2.45) is 0 Å². The summed E-state index contributed by atoms with van der Waals surface area (Å²) >= 11 is 0. The van der Waals surface area contributed by atoms with Crippen LogP contribution in [0, 0.1) is 0 Å². The van der Waals surface area contributed by atoms with Gasteiger partial charge in [-0.15, -0.1) is 0 Å². The molecule has 0 saturated carbocycles. The standard InChI is InChI=1S/C56H109NO8/c1-3-5-7-9-11-13-15-16-17-18-19-20-21-22-23-24-25-26-27-28-29-30-31-32-33-34-35-36-37-39-41-43-45-50(59)49(48-64-56-55(63)54(62)53(61)51(47-58)65-56)57-52(60)46-44-42-40-38-14-12-10-8-6-4-2/h8,10,49-51,53-56,58-59,61-63H,3-7,9,11-48H2,1-2H3,(H,57,60)/b10-8-. The van der Waals surface area contributed by atoms with Crippen LogP contribution in [-0.4, -0.2) is 87.5 Å². The van der Waals surface area contributed by atoms with Gasteiger partial charge in [0, 0.05) is 6.42 Å². The van der Waals surface area contributed by atoms with Crippen LogP contribution in [0.4, 0.5) is 0 Å². The van der Waals surface area contributed by atoms with E-state index >= 15 is 0 Å². The second kappa shape index (κ2) is 46.6. The Kier molecular flexibility index (Phi) is 44.5. The van der Waals surface area contributed by atoms with Crippen molar-refractivity contribution in [3.8, 4) is 0 Å². The Morgan fingerprint density at radius 1 is 0.508 bits per heavy atom. The molecule has 0 radical (unpaired) electrons. The van der Waals surface area contributed by atoms with E-state index in [1.165, 1.54) is 193 Å². The Morgan fingerprint density at radius 3 is 1.31 bits per heavy atom. The molecule has 7 atom stereocenters. The first-order chi connectivity index (χ1) is 31.8. The van der Waals surface area contributed by atoms with E-state index < -0.39 is 49.5 Å². The smallest absolute Gasteiger partial charge is 0.220 e. The van der Waals surface area contributed by atoms with Gasteiger partial charge in [-0.25, -0.2) is 0 Å². The van der Waals surface area contributed by atoms with Crippen LogP contribution in [0.5, 0.6) is 0 Å². The lowest BCUT2D eigenvalue weighted by Gasteiger charge is -2.40. The number of aliphatic hydroxyl groups is 5. The molecule has 65 heavy (non-hydrogen) atoms. The molecule has 7 unspecified atom stereocenters. The first kappa shape index (κ1) is 61.9. The Labute approximate surface area is 401 Å². The molecule has 0 aromatic heterocycles. The quantitative estimate of drug-likeness (QED) is 0.0261. The lowest BCUT2D eigenvalue weighted by Crippen LogP contribution is -2.60. The first-order valence-electron chi connectivity index (χ1n) is 28.4. The Bertz CT molecular complexity index is 1030. The van der Waals surface area contributed by atoms with Gasteiger partial charge in [-0.2, -0.15) is 0 Å². The Balaban J connectivity index is 2.07. The van der Waals surface area contributed by atoms with Gasteiger partial charge >= 0.3 is 0 Å². The van der Waals surface area contributed by atoms with Gasteiger partial charge in [0.25, 0.3) is 0 Å². The van der Waals surface area contributed by atoms with Crippen molar-refractivity contribution in [3.05, 3.63) is 12.2 Å². The molecule has 1 aliphatic heterocycles. The van der Waals surface area contributed by atoms with E-state index in [9.17, 15) is 30.3 Å². The summed E-state index contributed by atoms with van der Waals surface area (Å²) in [7, 11) is 0. The van der Waals surface area contributed by atoms with Crippen LogP contribution in [0.2, 0.25) is 0 Å². The molecule has 0 aliphatic carbocycles. The number of nitrogens with one attached hydrogen (secondary N) is 1. The van der Waals surface area contributed by atoms with Crippen molar-refractivity contribution in [1.82, 2.24) is 5.32 Å². The number of amides is 1. The zero-order chi connectivity index (χ0) is 47.3. The molecule has 0 aromatic carbocycles. The molecule has 1 amide bonds. The number of carbonyl (C=O) groups is 1. The maximum absolute atomic E-state index is 12.9. The lowest BCUT2D eigenvalue weighted by molar-refractivity contribution is -0.302. The number of allylic oxidation sites excluding steroid dienone is 2. The molecule has 386 valence electrons. The van der Waals surface area contributed by atoms with Crippen LogP contribution in [0.15, 0.2) is 12.2 Å². The van der Waals surface area contributed by atoms with E-state index in [2.05, 4.69) is 31.3 Å². The molecule has 9 nitrogen and oxygen atoms in total. The molecule has 0 aromatic rings. The van der Waals surface area contributed by atoms with Gasteiger partial charge in [-0.05, 0) is 32.1 Å². The van der Waals surface area contributed by atoms with Crippen molar-refractivity contribution in [2.45, 2.75) is 326 Å². The van der Waals surface area contributed by atoms with E-state index in [0.29, 0.717) is 12.8 Å². The highest BCUT2D eigenvalue weighted by molar-refractivity contribution is 5.76. The predicted octanol–water partition coefficient (Wildman–Crippen LogP) is 13.6. The van der Waals surface area contributed by atoms with E-state index in [0.717, 1.165) is 64.2 Å². The van der Waals surface area contributed by atoms with Crippen molar-refractivity contribution in [2.75, 3.05) is 13.2 Å². The second-order valence-electron chi connectivity index (χ2n) is 20.1. The third-order valence-electron chi connectivity index (χ3n) is 13.8. The van der Waals surface area contributed by atoms with Crippen LogP contribution < -0.4 is 5.32 Å². The van der Waals surface area contributed by atoms with Crippen LogP contribution >= 0.6 is 0 Å². The molecule has 9 heteroatoms. The van der Waals surface area contributed by atoms with Gasteiger partial charge in [0.2, 0.25) is 5.91 Å². The summed E-state index contributed by atoms with van der Waals surface area (Å²) in [6, 6.07) is -0.719. The highest BCUT2D eigenvalue weighted by Gasteiger charge is 2.44. The van der Waals surface area contributed by atoms with E-state index in [4.69, 9.17) is 9.47 Å². The van der Waals surface area contributed by atoms with Gasteiger partial charge in [-0.3, -0.25) is 4.79 Å². The molecule has 1 aliphatic rings. The molecule has 0 bridgehead atoms. The monoisotopic (exact) mass is 924 g/mol. The topological polar surface area (TPSA) is 149 Å². The highest BCUT2D eigenvalue weighted by Crippen LogP contribution is 2.23. The third kappa shape index (κ3) is 36.6. The Hall–Kier alpha value is -1.07. The van der Waals surface area contributed by atoms with Gasteiger partial charge in [0.15, 0.2) is 6.29 Å². The van der Waals surface area contributed by atoms with Gasteiger partial charge in [-0.1, -0.05) is 257 Å². The lowest BCUT2D eigenvalue weighted by atomic mass is 9.99. The number of rotatable bonds is 49. The van der Waals surface area contributed by atoms with E-state index in [1.54, 1.807) is 0 Å². The van der Waals surface area contributed by atoms with Crippen molar-refractivity contribution in [1.29, 1.82) is 0 Å².